The van der Waals surface area contributed by atoms with Crippen molar-refractivity contribution in [3.8, 4) is 0 Å². The summed E-state index contributed by atoms with van der Waals surface area (Å²) in [6.45, 7) is 10.9. The fraction of sp³-hybridized carbons (Fsp3) is 0.333. The van der Waals surface area contributed by atoms with Gasteiger partial charge in [0.15, 0.2) is 0 Å². The maximum atomic E-state index is 13.5. The number of rotatable bonds is 6. The van der Waals surface area contributed by atoms with Gasteiger partial charge in [-0.1, -0.05) is 64.1 Å². The number of hydrogen-bond acceptors (Lipinski definition) is 0. The third-order valence-corrected chi connectivity index (χ3v) is 4.70. The van der Waals surface area contributed by atoms with E-state index < -0.39 is 0 Å². The van der Waals surface area contributed by atoms with Crippen LogP contribution in [0.15, 0.2) is 66.3 Å². The van der Waals surface area contributed by atoms with Crippen LogP contribution in [0.2, 0.25) is 0 Å². The Balaban J connectivity index is 2.81. The number of halogens is 2. The van der Waals surface area contributed by atoms with Gasteiger partial charge in [-0.15, -0.1) is 0 Å². The minimum atomic E-state index is -0.260. The highest BCUT2D eigenvalue weighted by Gasteiger charge is 2.24. The lowest BCUT2D eigenvalue weighted by molar-refractivity contribution is 0.344. The SMILES string of the molecule is CC=CC(=C(c1ccc(F)cc1)c1ccc(F)cc1)C(C(C)C)C(C)C. The zero-order chi connectivity index (χ0) is 19.3. The molecule has 2 rings (SSSR count). The highest BCUT2D eigenvalue weighted by atomic mass is 19.1. The smallest absolute Gasteiger partial charge is 0.123 e. The van der Waals surface area contributed by atoms with Crippen LogP contribution < -0.4 is 0 Å². The van der Waals surface area contributed by atoms with Crippen LogP contribution in [0.25, 0.3) is 5.57 Å². The summed E-state index contributed by atoms with van der Waals surface area (Å²) in [6, 6.07) is 13.1. The molecule has 0 aliphatic heterocycles. The minimum absolute atomic E-state index is 0.260. The van der Waals surface area contributed by atoms with Gasteiger partial charge in [-0.05, 0) is 71.2 Å². The molecule has 0 spiro atoms. The average molecular weight is 354 g/mol. The van der Waals surface area contributed by atoms with E-state index in [0.29, 0.717) is 17.8 Å². The summed E-state index contributed by atoms with van der Waals surface area (Å²) in [5, 5.41) is 0. The van der Waals surface area contributed by atoms with E-state index in [1.54, 1.807) is 24.3 Å². The molecule has 0 fully saturated rings. The lowest BCUT2D eigenvalue weighted by atomic mass is 9.75. The van der Waals surface area contributed by atoms with Crippen LogP contribution in [0.3, 0.4) is 0 Å². The van der Waals surface area contributed by atoms with Crippen molar-refractivity contribution in [2.75, 3.05) is 0 Å². The fourth-order valence-corrected chi connectivity index (χ4v) is 3.76. The predicted octanol–water partition coefficient (Wildman–Crippen LogP) is 7.27. The van der Waals surface area contributed by atoms with Crippen molar-refractivity contribution in [3.63, 3.8) is 0 Å². The second kappa shape index (κ2) is 8.93. The first-order valence-corrected chi connectivity index (χ1v) is 9.23. The molecule has 26 heavy (non-hydrogen) atoms. The first-order chi connectivity index (χ1) is 12.3. The van der Waals surface area contributed by atoms with E-state index in [1.807, 2.05) is 13.0 Å². The highest BCUT2D eigenvalue weighted by molar-refractivity contribution is 5.84. The van der Waals surface area contributed by atoms with E-state index in [2.05, 4.69) is 33.8 Å². The van der Waals surface area contributed by atoms with Crippen molar-refractivity contribution in [1.29, 1.82) is 0 Å². The molecule has 0 aliphatic rings. The Morgan fingerprint density at radius 3 is 1.42 bits per heavy atom. The van der Waals surface area contributed by atoms with Gasteiger partial charge in [0.05, 0.1) is 0 Å². The van der Waals surface area contributed by atoms with Gasteiger partial charge in [0.2, 0.25) is 0 Å². The Kier molecular flexibility index (Phi) is 6.90. The Morgan fingerprint density at radius 1 is 0.731 bits per heavy atom. The van der Waals surface area contributed by atoms with Gasteiger partial charge in [0.25, 0.3) is 0 Å². The molecule has 0 radical (unpaired) electrons. The molecule has 0 aromatic heterocycles. The maximum Gasteiger partial charge on any atom is 0.123 e. The van der Waals surface area contributed by atoms with Crippen molar-refractivity contribution in [2.45, 2.75) is 34.6 Å². The highest BCUT2D eigenvalue weighted by Crippen LogP contribution is 2.38. The van der Waals surface area contributed by atoms with Crippen LogP contribution in [-0.2, 0) is 0 Å². The number of benzene rings is 2. The summed E-state index contributed by atoms with van der Waals surface area (Å²) in [7, 11) is 0. The van der Waals surface area contributed by atoms with Gasteiger partial charge in [-0.2, -0.15) is 0 Å². The normalized spacial score (nSPS) is 11.8. The van der Waals surface area contributed by atoms with E-state index in [1.165, 1.54) is 29.8 Å². The largest absolute Gasteiger partial charge is 0.207 e. The molecule has 2 aromatic carbocycles. The minimum Gasteiger partial charge on any atom is -0.207 e. The van der Waals surface area contributed by atoms with E-state index in [0.717, 1.165) is 16.7 Å². The van der Waals surface area contributed by atoms with Gasteiger partial charge >= 0.3 is 0 Å². The fourth-order valence-electron chi connectivity index (χ4n) is 3.76. The maximum absolute atomic E-state index is 13.5. The Bertz CT molecular complexity index is 707. The Labute approximate surface area is 156 Å². The van der Waals surface area contributed by atoms with Crippen LogP contribution in [0, 0.1) is 29.4 Å². The average Bonchev–Trinajstić information content (AvgIpc) is 2.58. The molecule has 0 nitrogen and oxygen atoms in total. The van der Waals surface area contributed by atoms with Crippen molar-refractivity contribution in [2.24, 2.45) is 17.8 Å². The van der Waals surface area contributed by atoms with E-state index in [-0.39, 0.29) is 11.6 Å². The van der Waals surface area contributed by atoms with Gasteiger partial charge in [0, 0.05) is 0 Å². The lowest BCUT2D eigenvalue weighted by Crippen LogP contribution is -2.19. The molecule has 138 valence electrons. The zero-order valence-electron chi connectivity index (χ0n) is 16.3. The molecular formula is C24H28F2. The summed E-state index contributed by atoms with van der Waals surface area (Å²) < 4.78 is 27.0. The van der Waals surface area contributed by atoms with Crippen LogP contribution in [0.5, 0.6) is 0 Å². The van der Waals surface area contributed by atoms with E-state index >= 15 is 0 Å². The second-order valence-corrected chi connectivity index (χ2v) is 7.36. The predicted molar refractivity (Wildman–Crippen MR) is 107 cm³/mol. The molecule has 2 heteroatoms. The third-order valence-electron chi connectivity index (χ3n) is 4.70. The van der Waals surface area contributed by atoms with Gasteiger partial charge in [-0.3, -0.25) is 0 Å². The van der Waals surface area contributed by atoms with Crippen LogP contribution >= 0.6 is 0 Å². The molecule has 0 heterocycles. The molecule has 0 unspecified atom stereocenters. The Morgan fingerprint density at radius 2 is 1.12 bits per heavy atom. The van der Waals surface area contributed by atoms with E-state index in [9.17, 15) is 8.78 Å². The van der Waals surface area contributed by atoms with E-state index in [4.69, 9.17) is 0 Å². The summed E-state index contributed by atoms with van der Waals surface area (Å²) in [4.78, 5) is 0. The molecule has 0 bridgehead atoms. The zero-order valence-corrected chi connectivity index (χ0v) is 16.3. The van der Waals surface area contributed by atoms with Crippen LogP contribution in [0.1, 0.15) is 45.7 Å². The first-order valence-electron chi connectivity index (χ1n) is 9.23. The van der Waals surface area contributed by atoms with Crippen molar-refractivity contribution < 1.29 is 8.78 Å². The summed E-state index contributed by atoms with van der Waals surface area (Å²) in [5.74, 6) is 0.693. The third kappa shape index (κ3) is 4.69. The van der Waals surface area contributed by atoms with Crippen molar-refractivity contribution >= 4 is 5.57 Å². The number of hydrogen-bond donors (Lipinski definition) is 0. The molecule has 0 saturated carbocycles. The monoisotopic (exact) mass is 354 g/mol. The first kappa shape index (κ1) is 20.1. The Hall–Kier alpha value is -2.22. The summed E-state index contributed by atoms with van der Waals surface area (Å²) >= 11 is 0. The topological polar surface area (TPSA) is 0 Å². The van der Waals surface area contributed by atoms with Crippen molar-refractivity contribution in [1.82, 2.24) is 0 Å². The number of allylic oxidation sites excluding steroid dienone is 3. The van der Waals surface area contributed by atoms with Gasteiger partial charge in [0.1, 0.15) is 11.6 Å². The van der Waals surface area contributed by atoms with Crippen molar-refractivity contribution in [3.05, 3.63) is 89.0 Å². The molecule has 0 amide bonds. The quantitative estimate of drug-likeness (QED) is 0.478. The van der Waals surface area contributed by atoms with Gasteiger partial charge < -0.3 is 0 Å². The lowest BCUT2D eigenvalue weighted by Gasteiger charge is -2.29. The molecule has 2 aromatic rings. The van der Waals surface area contributed by atoms with Crippen LogP contribution in [0.4, 0.5) is 8.78 Å². The molecule has 0 atom stereocenters. The standard InChI is InChI=1S/C24H28F2/c1-6-7-22(23(16(2)3)17(4)5)24(18-8-12-20(25)13-9-18)19-10-14-21(26)15-11-19/h6-17,23H,1-5H3. The van der Waals surface area contributed by atoms with Gasteiger partial charge in [-0.25, -0.2) is 8.78 Å². The summed E-state index contributed by atoms with van der Waals surface area (Å²) in [5.41, 5.74) is 4.13. The second-order valence-electron chi connectivity index (χ2n) is 7.36. The van der Waals surface area contributed by atoms with Crippen LogP contribution in [-0.4, -0.2) is 0 Å². The molecular weight excluding hydrogens is 326 g/mol. The molecule has 0 saturated heterocycles. The molecule has 0 aliphatic carbocycles. The summed E-state index contributed by atoms with van der Waals surface area (Å²) in [6.07, 6.45) is 4.19. The molecule has 0 N–H and O–H groups in total.